The van der Waals surface area contributed by atoms with Crippen molar-refractivity contribution in [3.05, 3.63) is 70.8 Å². The van der Waals surface area contributed by atoms with Gasteiger partial charge in [0.05, 0.1) is 11.1 Å². The van der Waals surface area contributed by atoms with Crippen molar-refractivity contribution < 1.29 is 30.7 Å². The number of fused-ring (bicyclic) bond motifs is 1. The Morgan fingerprint density at radius 2 is 1.51 bits per heavy atom. The summed E-state index contributed by atoms with van der Waals surface area (Å²) in [6.45, 7) is 2.17. The molecule has 0 amide bonds. The number of halogens is 7. The molecule has 0 atom stereocenters. The van der Waals surface area contributed by atoms with Crippen molar-refractivity contribution in [2.75, 3.05) is 0 Å². The molecule has 0 nitrogen and oxygen atoms in total. The fraction of sp³-hybridized carbons (Fsp3) is 0.400. The molecule has 4 rings (SSSR count). The smallest absolute Gasteiger partial charge is 0.206 e. The van der Waals surface area contributed by atoms with Crippen LogP contribution < -0.4 is 0 Å². The molecule has 3 aromatic carbocycles. The minimum atomic E-state index is -4.91. The van der Waals surface area contributed by atoms with Crippen molar-refractivity contribution in [3.8, 4) is 23.0 Å². The van der Waals surface area contributed by atoms with Crippen LogP contribution in [0.15, 0.2) is 36.4 Å². The highest BCUT2D eigenvalue weighted by molar-refractivity contribution is 5.89. The van der Waals surface area contributed by atoms with Gasteiger partial charge in [-0.25, -0.2) is 17.6 Å². The molecule has 0 spiro atoms. The Hall–Kier alpha value is -3.01. The van der Waals surface area contributed by atoms with Crippen molar-refractivity contribution in [1.29, 1.82) is 0 Å². The third-order valence-corrected chi connectivity index (χ3v) is 7.25. The largest absolute Gasteiger partial charge is 0.458 e. The summed E-state index contributed by atoms with van der Waals surface area (Å²) in [5.74, 6) is -1.01. The molecule has 1 aliphatic rings. The Morgan fingerprint density at radius 3 is 2.14 bits per heavy atom. The first-order chi connectivity index (χ1) is 17.6. The normalized spacial score (nSPS) is 18.1. The maximum atomic E-state index is 15.2. The van der Waals surface area contributed by atoms with Crippen molar-refractivity contribution in [3.63, 3.8) is 0 Å². The molecule has 3 aromatic rings. The second-order valence-electron chi connectivity index (χ2n) is 9.80. The van der Waals surface area contributed by atoms with Crippen LogP contribution in [0.25, 0.3) is 21.9 Å². The van der Waals surface area contributed by atoms with Gasteiger partial charge in [-0.05, 0) is 78.3 Å². The Morgan fingerprint density at radius 1 is 0.838 bits per heavy atom. The predicted octanol–water partition coefficient (Wildman–Crippen LogP) is 9.83. The molecule has 0 heterocycles. The molecule has 0 radical (unpaired) electrons. The van der Waals surface area contributed by atoms with Gasteiger partial charge < -0.3 is 0 Å². The zero-order chi connectivity index (χ0) is 26.7. The topological polar surface area (TPSA) is 0 Å². The lowest BCUT2D eigenvalue weighted by Gasteiger charge is -2.29. The maximum Gasteiger partial charge on any atom is 0.458 e. The molecule has 0 aromatic heterocycles. The van der Waals surface area contributed by atoms with Gasteiger partial charge in [-0.15, -0.1) is 0 Å². The van der Waals surface area contributed by atoms with Gasteiger partial charge in [-0.2, -0.15) is 13.2 Å². The fourth-order valence-corrected chi connectivity index (χ4v) is 5.31. The maximum absolute atomic E-state index is 15.2. The highest BCUT2D eigenvalue weighted by Gasteiger charge is 2.26. The van der Waals surface area contributed by atoms with Gasteiger partial charge in [-0.1, -0.05) is 50.7 Å². The molecule has 0 unspecified atom stereocenters. The van der Waals surface area contributed by atoms with Crippen LogP contribution in [-0.2, 0) is 0 Å². The first-order valence-corrected chi connectivity index (χ1v) is 12.6. The number of alkyl halides is 3. The van der Waals surface area contributed by atoms with Crippen LogP contribution in [0.5, 0.6) is 0 Å². The van der Waals surface area contributed by atoms with Gasteiger partial charge >= 0.3 is 6.18 Å². The summed E-state index contributed by atoms with van der Waals surface area (Å²) in [6, 6.07) is 7.11. The second-order valence-corrected chi connectivity index (χ2v) is 9.80. The monoisotopic (exact) mass is 520 g/mol. The average molecular weight is 521 g/mol. The van der Waals surface area contributed by atoms with Crippen molar-refractivity contribution in [2.24, 2.45) is 5.92 Å². The summed E-state index contributed by atoms with van der Waals surface area (Å²) in [6.07, 6.45) is 3.73. The van der Waals surface area contributed by atoms with Gasteiger partial charge in [0.1, 0.15) is 23.3 Å². The van der Waals surface area contributed by atoms with Crippen LogP contribution in [0.1, 0.15) is 75.3 Å². The molecule has 37 heavy (non-hydrogen) atoms. The van der Waals surface area contributed by atoms with E-state index in [0.29, 0.717) is 11.5 Å². The average Bonchev–Trinajstić information content (AvgIpc) is 2.83. The van der Waals surface area contributed by atoms with E-state index in [0.717, 1.165) is 43.7 Å². The molecule has 1 fully saturated rings. The van der Waals surface area contributed by atoms with Crippen LogP contribution in [0.3, 0.4) is 0 Å². The third kappa shape index (κ3) is 6.29. The van der Waals surface area contributed by atoms with Gasteiger partial charge in [0.2, 0.25) is 0 Å². The molecule has 1 aliphatic carbocycles. The van der Waals surface area contributed by atoms with Crippen LogP contribution in [0.2, 0.25) is 0 Å². The molecule has 0 aliphatic heterocycles. The van der Waals surface area contributed by atoms with Crippen molar-refractivity contribution >= 4 is 10.8 Å². The minimum absolute atomic E-state index is 0.0469. The van der Waals surface area contributed by atoms with Crippen molar-refractivity contribution in [1.82, 2.24) is 0 Å². The summed E-state index contributed by atoms with van der Waals surface area (Å²) in [7, 11) is 0. The number of hydrogen-bond donors (Lipinski definition) is 0. The number of unbranched alkanes of at least 4 members (excludes halogenated alkanes) is 2. The molecule has 1 saturated carbocycles. The van der Waals surface area contributed by atoms with E-state index in [9.17, 15) is 22.0 Å². The van der Waals surface area contributed by atoms with E-state index in [4.69, 9.17) is 0 Å². The van der Waals surface area contributed by atoms with Crippen LogP contribution >= 0.6 is 0 Å². The van der Waals surface area contributed by atoms with E-state index >= 15 is 8.78 Å². The van der Waals surface area contributed by atoms with Crippen LogP contribution in [0.4, 0.5) is 30.7 Å². The minimum Gasteiger partial charge on any atom is -0.206 e. The lowest BCUT2D eigenvalue weighted by molar-refractivity contribution is -0.0696. The van der Waals surface area contributed by atoms with E-state index in [1.807, 2.05) is 0 Å². The van der Waals surface area contributed by atoms with E-state index in [-0.39, 0.29) is 27.8 Å². The zero-order valence-corrected chi connectivity index (χ0v) is 20.4. The van der Waals surface area contributed by atoms with E-state index in [2.05, 4.69) is 6.92 Å². The summed E-state index contributed by atoms with van der Waals surface area (Å²) >= 11 is 0. The first-order valence-electron chi connectivity index (χ1n) is 12.6. The highest BCUT2D eigenvalue weighted by Crippen LogP contribution is 2.40. The molecule has 7 heteroatoms. The van der Waals surface area contributed by atoms with E-state index in [1.165, 1.54) is 55.9 Å². The SMILES string of the molecule is CCCCCC1CCC(c2cc(F)c(-c3ccc4c(F)c(C#CC(F)(F)F)c(F)cc4c3)c(F)c2)CC1. The lowest BCUT2D eigenvalue weighted by atomic mass is 9.76. The predicted molar refractivity (Wildman–Crippen MR) is 131 cm³/mol. The standard InChI is InChI=1S/C30H27F7/c1-2-3-4-5-18-6-8-19(9-7-18)21-15-26(32)28(27(33)16-21)20-10-11-23-22(14-20)17-25(31)24(29(23)34)12-13-30(35,36)37/h10-11,14-19H,2-9H2,1H3. The van der Waals surface area contributed by atoms with Gasteiger partial charge in [0.15, 0.2) is 0 Å². The second kappa shape index (κ2) is 11.2. The van der Waals surface area contributed by atoms with E-state index in [1.54, 1.807) is 0 Å². The molecule has 0 bridgehead atoms. The van der Waals surface area contributed by atoms with E-state index < -0.39 is 35.0 Å². The number of hydrogen-bond acceptors (Lipinski definition) is 0. The summed E-state index contributed by atoms with van der Waals surface area (Å²) in [5, 5.41) is -0.251. The zero-order valence-electron chi connectivity index (χ0n) is 20.4. The van der Waals surface area contributed by atoms with Gasteiger partial charge in [0, 0.05) is 11.3 Å². The van der Waals surface area contributed by atoms with Crippen LogP contribution in [0, 0.1) is 41.0 Å². The van der Waals surface area contributed by atoms with Gasteiger partial charge in [0.25, 0.3) is 0 Å². The summed E-state index contributed by atoms with van der Waals surface area (Å²) in [4.78, 5) is 0. The quantitative estimate of drug-likeness (QED) is 0.172. The Bertz CT molecular complexity index is 1310. The van der Waals surface area contributed by atoms with Crippen LogP contribution in [-0.4, -0.2) is 6.18 Å². The molecular weight excluding hydrogens is 493 g/mol. The Kier molecular flexibility index (Phi) is 8.16. The molecule has 0 N–H and O–H groups in total. The fourth-order valence-electron chi connectivity index (χ4n) is 5.31. The first kappa shape index (κ1) is 27.0. The Balaban J connectivity index is 1.59. The highest BCUT2D eigenvalue weighted by atomic mass is 19.4. The molecular formula is C30H27F7. The van der Waals surface area contributed by atoms with Gasteiger partial charge in [-0.3, -0.25) is 0 Å². The molecule has 0 saturated heterocycles. The lowest BCUT2D eigenvalue weighted by Crippen LogP contribution is -2.14. The number of rotatable bonds is 6. The number of benzene rings is 3. The third-order valence-electron chi connectivity index (χ3n) is 7.25. The van der Waals surface area contributed by atoms with Crippen molar-refractivity contribution in [2.45, 2.75) is 70.4 Å². The molecule has 196 valence electrons. The summed E-state index contributed by atoms with van der Waals surface area (Å²) in [5.41, 5.74) is -0.654. The summed E-state index contributed by atoms with van der Waals surface area (Å²) < 4.78 is 96.5. The Labute approximate surface area is 211 Å².